The molecule has 0 radical (unpaired) electrons. The molecule has 178 valence electrons. The molecule has 1 atom stereocenters. The fourth-order valence-corrected chi connectivity index (χ4v) is 4.74. The van der Waals surface area contributed by atoms with Crippen molar-refractivity contribution in [1.82, 2.24) is 9.97 Å². The Hall–Kier alpha value is -3.26. The number of fused-ring (bicyclic) bond motifs is 1. The van der Waals surface area contributed by atoms with E-state index in [0.29, 0.717) is 46.3 Å². The highest BCUT2D eigenvalue weighted by molar-refractivity contribution is 7.98. The van der Waals surface area contributed by atoms with Crippen molar-refractivity contribution in [2.75, 3.05) is 19.0 Å². The molecule has 0 aliphatic carbocycles. The van der Waals surface area contributed by atoms with Gasteiger partial charge in [-0.1, -0.05) is 61.5 Å². The Morgan fingerprint density at radius 2 is 1.97 bits per heavy atom. The zero-order chi connectivity index (χ0) is 24.2. The van der Waals surface area contributed by atoms with E-state index in [4.69, 9.17) is 9.47 Å². The van der Waals surface area contributed by atoms with E-state index in [1.807, 2.05) is 43.3 Å². The molecule has 7 nitrogen and oxygen atoms in total. The monoisotopic (exact) mass is 479 g/mol. The van der Waals surface area contributed by atoms with Gasteiger partial charge in [0.1, 0.15) is 5.82 Å². The van der Waals surface area contributed by atoms with Crippen LogP contribution in [0, 0.1) is 12.8 Å². The van der Waals surface area contributed by atoms with E-state index in [2.05, 4.69) is 35.2 Å². The molecule has 1 aromatic heterocycles. The molecule has 2 aromatic carbocycles. The van der Waals surface area contributed by atoms with Crippen molar-refractivity contribution in [3.8, 4) is 11.5 Å². The number of nitrogens with one attached hydrogen (secondary N) is 2. The van der Waals surface area contributed by atoms with Crippen molar-refractivity contribution < 1.29 is 14.3 Å². The molecule has 0 fully saturated rings. The van der Waals surface area contributed by atoms with Crippen LogP contribution in [0.1, 0.15) is 48.4 Å². The van der Waals surface area contributed by atoms with Crippen LogP contribution >= 0.6 is 11.8 Å². The van der Waals surface area contributed by atoms with Gasteiger partial charge in [0.25, 0.3) is 5.56 Å². The first kappa shape index (κ1) is 23.9. The van der Waals surface area contributed by atoms with E-state index in [-0.39, 0.29) is 17.9 Å². The standard InChI is InChI=1S/C26H29N3O4S/c1-15(2)13-33-20-9-8-18(11-21(20)32-4)19-12-22(30)27-24-23(19)25(31)29-26(28-24)34-14-17-7-5-6-16(3)10-17/h5-11,15,19H,12-14H2,1-4H3,(H2,27,28,29,30,31). The molecule has 3 aromatic rings. The van der Waals surface area contributed by atoms with Crippen LogP contribution in [-0.2, 0) is 10.5 Å². The number of methoxy groups -OCH3 is 1. The van der Waals surface area contributed by atoms with Crippen molar-refractivity contribution in [3.63, 3.8) is 0 Å². The summed E-state index contributed by atoms with van der Waals surface area (Å²) in [6.45, 7) is 6.76. The maximum Gasteiger partial charge on any atom is 0.257 e. The largest absolute Gasteiger partial charge is 0.493 e. The van der Waals surface area contributed by atoms with Gasteiger partial charge in [-0.2, -0.15) is 0 Å². The maximum absolute atomic E-state index is 13.1. The molecule has 0 saturated heterocycles. The molecule has 1 unspecified atom stereocenters. The number of nitrogens with zero attached hydrogens (tertiary/aromatic N) is 1. The number of amides is 1. The predicted molar refractivity (Wildman–Crippen MR) is 134 cm³/mol. The molecule has 1 amide bonds. The third-order valence-electron chi connectivity index (χ3n) is 5.55. The number of aromatic amines is 1. The summed E-state index contributed by atoms with van der Waals surface area (Å²) in [5.74, 6) is 1.95. The number of carbonyl (C=O) groups excluding carboxylic acids is 1. The number of aromatic nitrogens is 2. The Morgan fingerprint density at radius 3 is 2.71 bits per heavy atom. The zero-order valence-corrected chi connectivity index (χ0v) is 20.6. The third-order valence-corrected chi connectivity index (χ3v) is 6.49. The summed E-state index contributed by atoms with van der Waals surface area (Å²) in [5.41, 5.74) is 3.32. The van der Waals surface area contributed by atoms with Crippen LogP contribution in [0.4, 0.5) is 5.82 Å². The lowest BCUT2D eigenvalue weighted by molar-refractivity contribution is -0.116. The minimum atomic E-state index is -0.427. The second-order valence-electron chi connectivity index (χ2n) is 8.83. The number of hydrogen-bond acceptors (Lipinski definition) is 6. The Morgan fingerprint density at radius 1 is 1.15 bits per heavy atom. The molecule has 34 heavy (non-hydrogen) atoms. The maximum atomic E-state index is 13.1. The minimum absolute atomic E-state index is 0.156. The number of thioether (sulfide) groups is 1. The van der Waals surface area contributed by atoms with Gasteiger partial charge in [0.15, 0.2) is 16.7 Å². The highest BCUT2D eigenvalue weighted by atomic mass is 32.2. The molecule has 1 aliphatic heterocycles. The Kier molecular flexibility index (Phi) is 7.26. The zero-order valence-electron chi connectivity index (χ0n) is 19.8. The second-order valence-corrected chi connectivity index (χ2v) is 9.80. The number of ether oxygens (including phenoxy) is 2. The Balaban J connectivity index is 1.62. The van der Waals surface area contributed by atoms with Gasteiger partial charge >= 0.3 is 0 Å². The van der Waals surface area contributed by atoms with Gasteiger partial charge in [-0.3, -0.25) is 9.59 Å². The number of hydrogen-bond donors (Lipinski definition) is 2. The first-order valence-corrected chi connectivity index (χ1v) is 12.3. The molecule has 0 saturated carbocycles. The summed E-state index contributed by atoms with van der Waals surface area (Å²) >= 11 is 1.43. The van der Waals surface area contributed by atoms with Gasteiger partial charge in [0, 0.05) is 18.1 Å². The number of anilines is 1. The highest BCUT2D eigenvalue weighted by Crippen LogP contribution is 2.38. The van der Waals surface area contributed by atoms with E-state index in [1.54, 1.807) is 7.11 Å². The summed E-state index contributed by atoms with van der Waals surface area (Å²) in [4.78, 5) is 33.1. The van der Waals surface area contributed by atoms with E-state index in [9.17, 15) is 9.59 Å². The van der Waals surface area contributed by atoms with Crippen LogP contribution in [0.2, 0.25) is 0 Å². The topological polar surface area (TPSA) is 93.3 Å². The van der Waals surface area contributed by atoms with Crippen LogP contribution in [0.3, 0.4) is 0 Å². The second kappa shape index (κ2) is 10.3. The van der Waals surface area contributed by atoms with Gasteiger partial charge in [-0.05, 0) is 36.1 Å². The van der Waals surface area contributed by atoms with Gasteiger partial charge in [0.2, 0.25) is 5.91 Å². The van der Waals surface area contributed by atoms with E-state index in [0.717, 1.165) is 11.1 Å². The summed E-state index contributed by atoms with van der Waals surface area (Å²) in [6.07, 6.45) is 0.156. The van der Waals surface area contributed by atoms with Crippen LogP contribution in [0.5, 0.6) is 11.5 Å². The predicted octanol–water partition coefficient (Wildman–Crippen LogP) is 4.89. The fraction of sp³-hybridized carbons (Fsp3) is 0.346. The number of benzene rings is 2. The third kappa shape index (κ3) is 5.44. The number of aryl methyl sites for hydroxylation is 1. The first-order chi connectivity index (χ1) is 16.3. The summed E-state index contributed by atoms with van der Waals surface area (Å²) in [5, 5.41) is 3.25. The van der Waals surface area contributed by atoms with E-state index < -0.39 is 5.92 Å². The van der Waals surface area contributed by atoms with Gasteiger partial charge in [-0.25, -0.2) is 4.98 Å². The lowest BCUT2D eigenvalue weighted by Crippen LogP contribution is -2.31. The van der Waals surface area contributed by atoms with E-state index >= 15 is 0 Å². The van der Waals surface area contributed by atoms with Crippen LogP contribution in [-0.4, -0.2) is 29.6 Å². The molecular formula is C26H29N3O4S. The SMILES string of the molecule is COc1cc(C2CC(=O)Nc3nc(SCc4cccc(C)c4)[nH]c(=O)c32)ccc1OCC(C)C. The number of carbonyl (C=O) groups is 1. The van der Waals surface area contributed by atoms with Crippen LogP contribution < -0.4 is 20.3 Å². The normalized spacial score (nSPS) is 15.1. The molecule has 0 bridgehead atoms. The molecule has 0 spiro atoms. The summed E-state index contributed by atoms with van der Waals surface area (Å²) in [6, 6.07) is 13.7. The Bertz CT molecular complexity index is 1260. The first-order valence-electron chi connectivity index (χ1n) is 11.3. The van der Waals surface area contributed by atoms with Crippen molar-refractivity contribution >= 4 is 23.5 Å². The molecule has 2 N–H and O–H groups in total. The molecule has 1 aliphatic rings. The molecular weight excluding hydrogens is 450 g/mol. The highest BCUT2D eigenvalue weighted by Gasteiger charge is 2.31. The summed E-state index contributed by atoms with van der Waals surface area (Å²) in [7, 11) is 1.58. The van der Waals surface area contributed by atoms with Crippen LogP contribution in [0.15, 0.2) is 52.4 Å². The average Bonchev–Trinajstić information content (AvgIpc) is 2.80. The minimum Gasteiger partial charge on any atom is -0.493 e. The van der Waals surface area contributed by atoms with Crippen LogP contribution in [0.25, 0.3) is 0 Å². The van der Waals surface area contributed by atoms with Gasteiger partial charge in [0.05, 0.1) is 19.3 Å². The van der Waals surface area contributed by atoms with Crippen molar-refractivity contribution in [2.45, 2.75) is 44.0 Å². The number of rotatable bonds is 8. The average molecular weight is 480 g/mol. The van der Waals surface area contributed by atoms with Gasteiger partial charge < -0.3 is 19.8 Å². The Labute approximate surface area is 203 Å². The summed E-state index contributed by atoms with van der Waals surface area (Å²) < 4.78 is 11.4. The lowest BCUT2D eigenvalue weighted by Gasteiger charge is -2.25. The van der Waals surface area contributed by atoms with Crippen molar-refractivity contribution in [1.29, 1.82) is 0 Å². The molecule has 4 rings (SSSR count). The fourth-order valence-electron chi connectivity index (χ4n) is 3.93. The smallest absolute Gasteiger partial charge is 0.257 e. The van der Waals surface area contributed by atoms with Crippen molar-refractivity contribution in [2.24, 2.45) is 5.92 Å². The molecule has 2 heterocycles. The van der Waals surface area contributed by atoms with E-state index in [1.165, 1.54) is 17.3 Å². The molecule has 8 heteroatoms. The quantitative estimate of drug-likeness (QED) is 0.353. The van der Waals surface area contributed by atoms with Gasteiger partial charge in [-0.15, -0.1) is 0 Å². The number of H-pyrrole nitrogens is 1. The van der Waals surface area contributed by atoms with Crippen molar-refractivity contribution in [3.05, 3.63) is 75.1 Å². The lowest BCUT2D eigenvalue weighted by atomic mass is 9.86.